The molecule has 4 aromatic rings. The van der Waals surface area contributed by atoms with Gasteiger partial charge in [0, 0.05) is 28.0 Å². The van der Waals surface area contributed by atoms with Gasteiger partial charge >= 0.3 is 0 Å². The number of imidazole rings is 1. The van der Waals surface area contributed by atoms with Gasteiger partial charge < -0.3 is 8.82 Å². The zero-order chi connectivity index (χ0) is 14.2. The van der Waals surface area contributed by atoms with E-state index >= 15 is 0 Å². The van der Waals surface area contributed by atoms with Crippen molar-refractivity contribution in [1.29, 1.82) is 0 Å². The van der Waals surface area contributed by atoms with Crippen molar-refractivity contribution < 1.29 is 4.42 Å². The zero-order valence-corrected chi connectivity index (χ0v) is 12.5. The molecule has 21 heavy (non-hydrogen) atoms. The summed E-state index contributed by atoms with van der Waals surface area (Å²) in [5.41, 5.74) is 3.94. The molecule has 0 aliphatic heterocycles. The molecule has 3 heterocycles. The van der Waals surface area contributed by atoms with E-state index in [1.165, 1.54) is 6.39 Å². The van der Waals surface area contributed by atoms with Gasteiger partial charge in [0.25, 0.3) is 0 Å². The van der Waals surface area contributed by atoms with Crippen molar-refractivity contribution in [3.8, 4) is 22.6 Å². The summed E-state index contributed by atoms with van der Waals surface area (Å²) in [5.74, 6) is 0.764. The molecule has 102 valence electrons. The van der Waals surface area contributed by atoms with Crippen LogP contribution < -0.4 is 0 Å². The Hall–Kier alpha value is -2.40. The molecule has 0 saturated heterocycles. The highest BCUT2D eigenvalue weighted by Crippen LogP contribution is 2.25. The lowest BCUT2D eigenvalue weighted by atomic mass is 10.1. The Kier molecular flexibility index (Phi) is 2.86. The number of rotatable bonds is 2. The second-order valence-corrected chi connectivity index (χ2v) is 5.60. The first-order valence-corrected chi connectivity index (χ1v) is 7.22. The van der Waals surface area contributed by atoms with Crippen LogP contribution >= 0.6 is 15.9 Å². The van der Waals surface area contributed by atoms with Crippen LogP contribution in [0.3, 0.4) is 0 Å². The van der Waals surface area contributed by atoms with Gasteiger partial charge in [-0.15, -0.1) is 0 Å². The van der Waals surface area contributed by atoms with E-state index in [9.17, 15) is 0 Å². The molecule has 0 N–H and O–H groups in total. The Morgan fingerprint density at radius 3 is 2.52 bits per heavy atom. The lowest BCUT2D eigenvalue weighted by Gasteiger charge is -1.98. The number of pyridine rings is 1. The molecule has 0 aliphatic rings. The van der Waals surface area contributed by atoms with Crippen LogP contribution in [0.15, 0.2) is 70.3 Å². The number of halogens is 1. The molecule has 3 aromatic heterocycles. The van der Waals surface area contributed by atoms with Gasteiger partial charge in [-0.25, -0.2) is 9.97 Å². The summed E-state index contributed by atoms with van der Waals surface area (Å²) in [5, 5.41) is 0. The minimum atomic E-state index is 0.764. The van der Waals surface area contributed by atoms with Crippen LogP contribution in [0.2, 0.25) is 0 Å². The Morgan fingerprint density at radius 1 is 0.952 bits per heavy atom. The largest absolute Gasteiger partial charge is 0.444 e. The van der Waals surface area contributed by atoms with Crippen molar-refractivity contribution in [1.82, 2.24) is 14.4 Å². The topological polar surface area (TPSA) is 43.3 Å². The minimum Gasteiger partial charge on any atom is -0.444 e. The van der Waals surface area contributed by atoms with Crippen molar-refractivity contribution in [2.45, 2.75) is 0 Å². The third-order valence-electron chi connectivity index (χ3n) is 3.31. The zero-order valence-electron chi connectivity index (χ0n) is 10.9. The summed E-state index contributed by atoms with van der Waals surface area (Å²) >= 11 is 3.46. The quantitative estimate of drug-likeness (QED) is 0.543. The molecular weight excluding hydrogens is 330 g/mol. The van der Waals surface area contributed by atoms with Crippen LogP contribution in [-0.4, -0.2) is 14.4 Å². The van der Waals surface area contributed by atoms with Gasteiger partial charge in [-0.05, 0) is 28.1 Å². The number of hydrogen-bond acceptors (Lipinski definition) is 3. The SMILES string of the molecule is Brc1ccc2nc(-c3ccc(-c4cnco4)cc3)cn2c1. The van der Waals surface area contributed by atoms with E-state index in [0.29, 0.717) is 0 Å². The Morgan fingerprint density at radius 2 is 1.76 bits per heavy atom. The van der Waals surface area contributed by atoms with E-state index < -0.39 is 0 Å². The third-order valence-corrected chi connectivity index (χ3v) is 3.78. The van der Waals surface area contributed by atoms with Gasteiger partial charge in [-0.2, -0.15) is 0 Å². The highest BCUT2D eigenvalue weighted by Gasteiger charge is 2.06. The highest BCUT2D eigenvalue weighted by atomic mass is 79.9. The summed E-state index contributed by atoms with van der Waals surface area (Å²) in [6.07, 6.45) is 7.15. The normalized spacial score (nSPS) is 11.1. The summed E-state index contributed by atoms with van der Waals surface area (Å²) in [7, 11) is 0. The highest BCUT2D eigenvalue weighted by molar-refractivity contribution is 9.10. The molecule has 4 rings (SSSR count). The van der Waals surface area contributed by atoms with E-state index in [4.69, 9.17) is 4.42 Å². The number of aromatic nitrogens is 3. The molecule has 0 fully saturated rings. The minimum absolute atomic E-state index is 0.764. The lowest BCUT2D eigenvalue weighted by Crippen LogP contribution is -1.80. The van der Waals surface area contributed by atoms with E-state index in [1.807, 2.05) is 53.2 Å². The Balaban J connectivity index is 1.74. The van der Waals surface area contributed by atoms with Crippen LogP contribution in [0.4, 0.5) is 0 Å². The molecule has 0 radical (unpaired) electrons. The van der Waals surface area contributed by atoms with Crippen LogP contribution in [0.25, 0.3) is 28.2 Å². The van der Waals surface area contributed by atoms with Crippen LogP contribution in [0.1, 0.15) is 0 Å². The summed E-state index contributed by atoms with van der Waals surface area (Å²) in [4.78, 5) is 8.55. The average Bonchev–Trinajstić information content (AvgIpc) is 3.16. The Bertz CT molecular complexity index is 895. The Labute approximate surface area is 129 Å². The smallest absolute Gasteiger partial charge is 0.181 e. The predicted octanol–water partition coefficient (Wildman–Crippen LogP) is 4.42. The second-order valence-electron chi connectivity index (χ2n) is 4.68. The summed E-state index contributed by atoms with van der Waals surface area (Å²) < 4.78 is 8.32. The first-order chi connectivity index (χ1) is 10.3. The first-order valence-electron chi connectivity index (χ1n) is 6.43. The number of nitrogens with zero attached hydrogens (tertiary/aromatic N) is 3. The average molecular weight is 340 g/mol. The number of benzene rings is 1. The van der Waals surface area contributed by atoms with Gasteiger partial charge in [0.05, 0.1) is 11.9 Å². The lowest BCUT2D eigenvalue weighted by molar-refractivity contribution is 0.572. The standard InChI is InChI=1S/C16H10BrN3O/c17-13-5-6-16-19-14(9-20(16)8-13)11-1-3-12(4-2-11)15-7-18-10-21-15/h1-10H. The molecule has 0 atom stereocenters. The van der Waals surface area contributed by atoms with Crippen LogP contribution in [0.5, 0.6) is 0 Å². The fourth-order valence-electron chi connectivity index (χ4n) is 2.27. The van der Waals surface area contributed by atoms with Gasteiger partial charge in [0.15, 0.2) is 12.2 Å². The number of oxazole rings is 1. The molecule has 0 unspecified atom stereocenters. The molecule has 0 aliphatic carbocycles. The predicted molar refractivity (Wildman–Crippen MR) is 83.8 cm³/mol. The van der Waals surface area contributed by atoms with Crippen LogP contribution in [-0.2, 0) is 0 Å². The number of fused-ring (bicyclic) bond motifs is 1. The van der Waals surface area contributed by atoms with Crippen molar-refractivity contribution in [3.05, 3.63) is 65.9 Å². The molecule has 0 bridgehead atoms. The molecule has 1 aromatic carbocycles. The van der Waals surface area contributed by atoms with Gasteiger partial charge in [0.1, 0.15) is 5.65 Å². The van der Waals surface area contributed by atoms with Gasteiger partial charge in [-0.1, -0.05) is 24.3 Å². The molecule has 0 spiro atoms. The van der Waals surface area contributed by atoms with Crippen LogP contribution in [0, 0.1) is 0 Å². The fraction of sp³-hybridized carbons (Fsp3) is 0. The van der Waals surface area contributed by atoms with Crippen molar-refractivity contribution >= 4 is 21.6 Å². The maximum Gasteiger partial charge on any atom is 0.181 e. The van der Waals surface area contributed by atoms with Gasteiger partial charge in [-0.3, -0.25) is 0 Å². The van der Waals surface area contributed by atoms with Crippen molar-refractivity contribution in [3.63, 3.8) is 0 Å². The monoisotopic (exact) mass is 339 g/mol. The maximum absolute atomic E-state index is 5.29. The summed E-state index contributed by atoms with van der Waals surface area (Å²) in [6, 6.07) is 12.1. The van der Waals surface area contributed by atoms with E-state index in [2.05, 4.69) is 25.9 Å². The molecule has 0 saturated carbocycles. The third kappa shape index (κ3) is 2.25. The first kappa shape index (κ1) is 12.3. The van der Waals surface area contributed by atoms with E-state index in [-0.39, 0.29) is 0 Å². The molecular formula is C16H10BrN3O. The van der Waals surface area contributed by atoms with E-state index in [1.54, 1.807) is 6.20 Å². The molecule has 4 nitrogen and oxygen atoms in total. The maximum atomic E-state index is 5.29. The van der Waals surface area contributed by atoms with Gasteiger partial charge in [0.2, 0.25) is 0 Å². The number of hydrogen-bond donors (Lipinski definition) is 0. The molecule has 5 heteroatoms. The van der Waals surface area contributed by atoms with Crippen molar-refractivity contribution in [2.75, 3.05) is 0 Å². The molecule has 0 amide bonds. The fourth-order valence-corrected chi connectivity index (χ4v) is 2.62. The van der Waals surface area contributed by atoms with E-state index in [0.717, 1.165) is 32.7 Å². The summed E-state index contributed by atoms with van der Waals surface area (Å²) in [6.45, 7) is 0. The second kappa shape index (κ2) is 4.86. The van der Waals surface area contributed by atoms with Crippen molar-refractivity contribution in [2.24, 2.45) is 0 Å².